The minimum Gasteiger partial charge on any atom is -0.340 e. The third kappa shape index (κ3) is 2.88. The third-order valence-electron chi connectivity index (χ3n) is 3.01. The van der Waals surface area contributed by atoms with Gasteiger partial charge in [0.05, 0.1) is 10.7 Å². The molecule has 0 aliphatic rings. The van der Waals surface area contributed by atoms with Crippen LogP contribution in [0, 0.1) is 5.82 Å². The predicted molar refractivity (Wildman–Crippen MR) is 78.4 cm³/mol. The highest BCUT2D eigenvalue weighted by atomic mass is 35.5. The van der Waals surface area contributed by atoms with Crippen LogP contribution in [0.25, 0.3) is 0 Å². The molecule has 0 amide bonds. The fourth-order valence-corrected chi connectivity index (χ4v) is 2.41. The van der Waals surface area contributed by atoms with Gasteiger partial charge in [0, 0.05) is 18.8 Å². The van der Waals surface area contributed by atoms with Crippen LogP contribution >= 0.6 is 11.6 Å². The number of nitrogens with two attached hydrogens (primary N) is 1. The topological polar surface area (TPSA) is 29.3 Å². The van der Waals surface area contributed by atoms with Gasteiger partial charge in [0.1, 0.15) is 5.82 Å². The van der Waals surface area contributed by atoms with Gasteiger partial charge in [-0.15, -0.1) is 0 Å². The maximum Gasteiger partial charge on any atom is 0.123 e. The summed E-state index contributed by atoms with van der Waals surface area (Å²) in [5.74, 6) is -0.252. The molecule has 2 aromatic rings. The van der Waals surface area contributed by atoms with Gasteiger partial charge in [-0.2, -0.15) is 0 Å². The molecule has 4 heteroatoms. The Labute approximate surface area is 117 Å². The molecule has 0 spiro atoms. The van der Waals surface area contributed by atoms with Crippen LogP contribution < -0.4 is 10.6 Å². The first-order chi connectivity index (χ1) is 9.17. The third-order valence-corrected chi connectivity index (χ3v) is 3.32. The van der Waals surface area contributed by atoms with E-state index in [-0.39, 0.29) is 5.82 Å². The van der Waals surface area contributed by atoms with Crippen molar-refractivity contribution in [2.24, 2.45) is 5.73 Å². The molecule has 0 unspecified atom stereocenters. The largest absolute Gasteiger partial charge is 0.340 e. The molecule has 0 saturated heterocycles. The number of para-hydroxylation sites is 1. The Morgan fingerprint density at radius 1 is 1.16 bits per heavy atom. The summed E-state index contributed by atoms with van der Waals surface area (Å²) in [6.07, 6.45) is 0. The van der Waals surface area contributed by atoms with E-state index in [9.17, 15) is 4.39 Å². The van der Waals surface area contributed by atoms with E-state index in [4.69, 9.17) is 17.3 Å². The van der Waals surface area contributed by atoms with E-state index in [0.717, 1.165) is 23.5 Å². The number of nitrogens with zero attached hydrogens (tertiary/aromatic N) is 1. The van der Waals surface area contributed by atoms with Crippen LogP contribution in [0.1, 0.15) is 12.5 Å². The zero-order valence-corrected chi connectivity index (χ0v) is 11.5. The van der Waals surface area contributed by atoms with Crippen LogP contribution in [0.4, 0.5) is 15.8 Å². The first-order valence-electron chi connectivity index (χ1n) is 6.18. The van der Waals surface area contributed by atoms with Gasteiger partial charge in [0.2, 0.25) is 0 Å². The normalized spacial score (nSPS) is 10.5. The summed E-state index contributed by atoms with van der Waals surface area (Å²) >= 11 is 6.29. The van der Waals surface area contributed by atoms with Crippen molar-refractivity contribution in [1.29, 1.82) is 0 Å². The Bertz CT molecular complexity index is 555. The van der Waals surface area contributed by atoms with Crippen LogP contribution in [-0.2, 0) is 6.54 Å². The maximum absolute atomic E-state index is 13.0. The molecule has 2 rings (SSSR count). The molecule has 2 aromatic carbocycles. The van der Waals surface area contributed by atoms with Gasteiger partial charge < -0.3 is 10.6 Å². The molecule has 2 N–H and O–H groups in total. The summed E-state index contributed by atoms with van der Waals surface area (Å²) in [6, 6.07) is 12.0. The first-order valence-corrected chi connectivity index (χ1v) is 6.55. The van der Waals surface area contributed by atoms with Gasteiger partial charge >= 0.3 is 0 Å². The number of hydrogen-bond acceptors (Lipinski definition) is 2. The SMILES string of the molecule is CCN(c1ccc(F)cc1)c1c(Cl)cccc1CN. The minimum absolute atomic E-state index is 0.252. The highest BCUT2D eigenvalue weighted by molar-refractivity contribution is 6.33. The molecule has 0 atom stereocenters. The molecule has 0 heterocycles. The van der Waals surface area contributed by atoms with Gasteiger partial charge in [-0.1, -0.05) is 23.7 Å². The van der Waals surface area contributed by atoms with Gasteiger partial charge in [0.25, 0.3) is 0 Å². The molecular weight excluding hydrogens is 263 g/mol. The molecule has 0 aliphatic heterocycles. The predicted octanol–water partition coefficient (Wildman–Crippen LogP) is 4.10. The van der Waals surface area contributed by atoms with Gasteiger partial charge in [-0.3, -0.25) is 0 Å². The monoisotopic (exact) mass is 278 g/mol. The number of anilines is 2. The number of hydrogen-bond donors (Lipinski definition) is 1. The fraction of sp³-hybridized carbons (Fsp3) is 0.200. The molecule has 0 fully saturated rings. The van der Waals surface area contributed by atoms with Crippen molar-refractivity contribution < 1.29 is 4.39 Å². The number of halogens is 2. The zero-order valence-electron chi connectivity index (χ0n) is 10.7. The average molecular weight is 279 g/mol. The number of benzene rings is 2. The van der Waals surface area contributed by atoms with E-state index < -0.39 is 0 Å². The lowest BCUT2D eigenvalue weighted by Gasteiger charge is -2.26. The highest BCUT2D eigenvalue weighted by Crippen LogP contribution is 2.34. The molecule has 0 bridgehead atoms. The Balaban J connectivity index is 2.50. The fourth-order valence-electron chi connectivity index (χ4n) is 2.12. The first kappa shape index (κ1) is 13.8. The lowest BCUT2D eigenvalue weighted by atomic mass is 10.1. The van der Waals surface area contributed by atoms with E-state index in [0.29, 0.717) is 11.6 Å². The zero-order chi connectivity index (χ0) is 13.8. The summed E-state index contributed by atoms with van der Waals surface area (Å²) in [5.41, 5.74) is 8.52. The molecule has 0 aromatic heterocycles. The molecular formula is C15H16ClFN2. The van der Waals surface area contributed by atoms with E-state index >= 15 is 0 Å². The van der Waals surface area contributed by atoms with Crippen molar-refractivity contribution in [3.8, 4) is 0 Å². The lowest BCUT2D eigenvalue weighted by molar-refractivity contribution is 0.628. The highest BCUT2D eigenvalue weighted by Gasteiger charge is 2.14. The molecule has 19 heavy (non-hydrogen) atoms. The molecule has 2 nitrogen and oxygen atoms in total. The van der Waals surface area contributed by atoms with Crippen molar-refractivity contribution in [3.63, 3.8) is 0 Å². The van der Waals surface area contributed by atoms with E-state index in [1.807, 2.05) is 30.0 Å². The van der Waals surface area contributed by atoms with Crippen LogP contribution in [0.2, 0.25) is 5.02 Å². The molecule has 0 aliphatic carbocycles. The van der Waals surface area contributed by atoms with Crippen molar-refractivity contribution in [2.75, 3.05) is 11.4 Å². The van der Waals surface area contributed by atoms with E-state index in [1.54, 1.807) is 12.1 Å². The Kier molecular flexibility index (Phi) is 4.40. The Morgan fingerprint density at radius 3 is 2.42 bits per heavy atom. The molecule has 100 valence electrons. The van der Waals surface area contributed by atoms with Crippen LogP contribution in [0.5, 0.6) is 0 Å². The lowest BCUT2D eigenvalue weighted by Crippen LogP contribution is -2.19. The molecule has 0 radical (unpaired) electrons. The summed E-state index contributed by atoms with van der Waals surface area (Å²) in [5, 5.41) is 0.647. The van der Waals surface area contributed by atoms with Gasteiger partial charge in [-0.25, -0.2) is 4.39 Å². The Hall–Kier alpha value is -1.58. The smallest absolute Gasteiger partial charge is 0.123 e. The van der Waals surface area contributed by atoms with E-state index in [1.165, 1.54) is 12.1 Å². The summed E-state index contributed by atoms with van der Waals surface area (Å²) in [4.78, 5) is 2.03. The maximum atomic E-state index is 13.0. The standard InChI is InChI=1S/C15H16ClFN2/c1-2-19(13-8-6-12(17)7-9-13)15-11(10-18)4-3-5-14(15)16/h3-9H,2,10,18H2,1H3. The summed E-state index contributed by atoms with van der Waals surface area (Å²) < 4.78 is 13.0. The van der Waals surface area contributed by atoms with Crippen molar-refractivity contribution >= 4 is 23.0 Å². The van der Waals surface area contributed by atoms with Crippen molar-refractivity contribution in [2.45, 2.75) is 13.5 Å². The second-order valence-corrected chi connectivity index (χ2v) is 4.58. The summed E-state index contributed by atoms with van der Waals surface area (Å²) in [6.45, 7) is 3.16. The second-order valence-electron chi connectivity index (χ2n) is 4.17. The summed E-state index contributed by atoms with van der Waals surface area (Å²) in [7, 11) is 0. The van der Waals surface area contributed by atoms with Crippen molar-refractivity contribution in [3.05, 3.63) is 58.9 Å². The van der Waals surface area contributed by atoms with E-state index in [2.05, 4.69) is 0 Å². The van der Waals surface area contributed by atoms with Gasteiger partial charge in [0.15, 0.2) is 0 Å². The minimum atomic E-state index is -0.252. The van der Waals surface area contributed by atoms with Gasteiger partial charge in [-0.05, 0) is 42.8 Å². The Morgan fingerprint density at radius 2 is 1.84 bits per heavy atom. The van der Waals surface area contributed by atoms with Crippen molar-refractivity contribution in [1.82, 2.24) is 0 Å². The second kappa shape index (κ2) is 6.04. The van der Waals surface area contributed by atoms with Crippen LogP contribution in [0.3, 0.4) is 0 Å². The molecule has 0 saturated carbocycles. The average Bonchev–Trinajstić information content (AvgIpc) is 2.43. The quantitative estimate of drug-likeness (QED) is 0.912. The van der Waals surface area contributed by atoms with Crippen LogP contribution in [0.15, 0.2) is 42.5 Å². The van der Waals surface area contributed by atoms with Crippen LogP contribution in [-0.4, -0.2) is 6.54 Å². The number of rotatable bonds is 4.